The first-order valence-corrected chi connectivity index (χ1v) is 9.22. The summed E-state index contributed by atoms with van der Waals surface area (Å²) in [5.41, 5.74) is 0.603. The van der Waals surface area contributed by atoms with Crippen LogP contribution in [0.3, 0.4) is 0 Å². The van der Waals surface area contributed by atoms with Crippen LogP contribution in [0.4, 0.5) is 0 Å². The van der Waals surface area contributed by atoms with Gasteiger partial charge in [-0.05, 0) is 52.1 Å². The van der Waals surface area contributed by atoms with Gasteiger partial charge in [-0.1, -0.05) is 0 Å². The third-order valence-electron chi connectivity index (χ3n) is 4.34. The summed E-state index contributed by atoms with van der Waals surface area (Å²) in [6, 6.07) is 5.33. The Morgan fingerprint density at radius 1 is 1.08 bits per heavy atom. The second-order valence-corrected chi connectivity index (χ2v) is 6.28. The van der Waals surface area contributed by atoms with Crippen molar-refractivity contribution in [2.75, 3.05) is 59.5 Å². The van der Waals surface area contributed by atoms with E-state index < -0.39 is 0 Å². The van der Waals surface area contributed by atoms with Crippen molar-refractivity contribution >= 4 is 5.91 Å². The number of hydrogen-bond acceptors (Lipinski definition) is 5. The lowest BCUT2D eigenvalue weighted by molar-refractivity contribution is 0.0949. The number of piperazine rings is 1. The van der Waals surface area contributed by atoms with Crippen molar-refractivity contribution < 1.29 is 14.3 Å². The summed E-state index contributed by atoms with van der Waals surface area (Å²) in [6.45, 7) is 11.1. The first-order valence-electron chi connectivity index (χ1n) is 9.22. The molecule has 0 bridgehead atoms. The summed E-state index contributed by atoms with van der Waals surface area (Å²) in [7, 11) is 2.16. The predicted octanol–water partition coefficient (Wildman–Crippen LogP) is 1.85. The van der Waals surface area contributed by atoms with E-state index >= 15 is 0 Å². The normalized spacial score (nSPS) is 15.8. The molecule has 1 aliphatic heterocycles. The molecule has 1 aliphatic rings. The topological polar surface area (TPSA) is 54.0 Å². The minimum absolute atomic E-state index is 0.0672. The number of hydrogen-bond donors (Lipinski definition) is 1. The van der Waals surface area contributed by atoms with Crippen molar-refractivity contribution in [1.29, 1.82) is 0 Å². The van der Waals surface area contributed by atoms with Gasteiger partial charge in [-0.15, -0.1) is 0 Å². The number of benzene rings is 1. The molecule has 6 heteroatoms. The van der Waals surface area contributed by atoms with Crippen LogP contribution in [0.15, 0.2) is 18.2 Å². The Kier molecular flexibility index (Phi) is 8.01. The van der Waals surface area contributed by atoms with Gasteiger partial charge in [-0.3, -0.25) is 4.79 Å². The third kappa shape index (κ3) is 6.21. The highest BCUT2D eigenvalue weighted by Gasteiger charge is 2.14. The molecule has 1 aromatic carbocycles. The van der Waals surface area contributed by atoms with Crippen molar-refractivity contribution in [1.82, 2.24) is 15.1 Å². The monoisotopic (exact) mass is 349 g/mol. The Hall–Kier alpha value is -1.79. The van der Waals surface area contributed by atoms with Crippen LogP contribution in [0.5, 0.6) is 11.5 Å². The van der Waals surface area contributed by atoms with Gasteiger partial charge in [0.05, 0.1) is 13.2 Å². The lowest BCUT2D eigenvalue weighted by atomic mass is 10.2. The van der Waals surface area contributed by atoms with Gasteiger partial charge in [-0.2, -0.15) is 0 Å². The van der Waals surface area contributed by atoms with Crippen LogP contribution in [0, 0.1) is 0 Å². The number of rotatable bonds is 9. The first kappa shape index (κ1) is 19.5. The fourth-order valence-electron chi connectivity index (χ4n) is 2.87. The van der Waals surface area contributed by atoms with Gasteiger partial charge in [-0.25, -0.2) is 0 Å². The van der Waals surface area contributed by atoms with E-state index in [1.807, 2.05) is 13.8 Å². The lowest BCUT2D eigenvalue weighted by Gasteiger charge is -2.32. The smallest absolute Gasteiger partial charge is 0.251 e. The van der Waals surface area contributed by atoms with Crippen LogP contribution in [0.25, 0.3) is 0 Å². The van der Waals surface area contributed by atoms with Crippen LogP contribution in [-0.2, 0) is 0 Å². The number of nitrogens with one attached hydrogen (secondary N) is 1. The predicted molar refractivity (Wildman–Crippen MR) is 99.7 cm³/mol. The molecule has 2 rings (SSSR count). The quantitative estimate of drug-likeness (QED) is 0.690. The Labute approximate surface area is 151 Å². The van der Waals surface area contributed by atoms with E-state index in [1.165, 1.54) is 0 Å². The molecule has 1 heterocycles. The number of carbonyl (C=O) groups excluding carboxylic acids is 1. The molecule has 0 aliphatic carbocycles. The molecule has 140 valence electrons. The van der Waals surface area contributed by atoms with E-state index in [9.17, 15) is 4.79 Å². The minimum Gasteiger partial charge on any atom is -0.490 e. The van der Waals surface area contributed by atoms with Gasteiger partial charge in [0.15, 0.2) is 11.5 Å². The maximum absolute atomic E-state index is 12.3. The average Bonchev–Trinajstić information content (AvgIpc) is 2.62. The zero-order valence-corrected chi connectivity index (χ0v) is 15.7. The SMILES string of the molecule is CCOc1ccc(C(=O)NCCCN2CCN(C)CC2)cc1OCC. The highest BCUT2D eigenvalue weighted by atomic mass is 16.5. The Morgan fingerprint density at radius 2 is 1.76 bits per heavy atom. The fraction of sp³-hybridized carbons (Fsp3) is 0.632. The average molecular weight is 349 g/mol. The number of likely N-dealkylation sites (N-methyl/N-ethyl adjacent to an activating group) is 1. The van der Waals surface area contributed by atoms with E-state index in [1.54, 1.807) is 18.2 Å². The van der Waals surface area contributed by atoms with Crippen LogP contribution in [0.1, 0.15) is 30.6 Å². The van der Waals surface area contributed by atoms with Gasteiger partial charge >= 0.3 is 0 Å². The molecule has 0 saturated carbocycles. The van der Waals surface area contributed by atoms with Crippen molar-refractivity contribution in [3.8, 4) is 11.5 Å². The summed E-state index contributed by atoms with van der Waals surface area (Å²) in [5.74, 6) is 1.23. The van der Waals surface area contributed by atoms with Crippen molar-refractivity contribution in [3.63, 3.8) is 0 Å². The first-order chi connectivity index (χ1) is 12.1. The van der Waals surface area contributed by atoms with Gasteiger partial charge in [0.1, 0.15) is 0 Å². The molecular formula is C19H31N3O3. The molecule has 6 nitrogen and oxygen atoms in total. The summed E-state index contributed by atoms with van der Waals surface area (Å²) in [6.07, 6.45) is 0.963. The highest BCUT2D eigenvalue weighted by Crippen LogP contribution is 2.28. The number of amides is 1. The van der Waals surface area contributed by atoms with Crippen LogP contribution in [-0.4, -0.2) is 75.2 Å². The Bertz CT molecular complexity index is 543. The molecule has 0 radical (unpaired) electrons. The van der Waals surface area contributed by atoms with E-state index in [0.29, 0.717) is 36.8 Å². The van der Waals surface area contributed by atoms with E-state index in [4.69, 9.17) is 9.47 Å². The molecule has 1 saturated heterocycles. The van der Waals surface area contributed by atoms with Crippen LogP contribution < -0.4 is 14.8 Å². The van der Waals surface area contributed by atoms with Crippen molar-refractivity contribution in [3.05, 3.63) is 23.8 Å². The molecule has 0 spiro atoms. The molecule has 0 aromatic heterocycles. The largest absolute Gasteiger partial charge is 0.490 e. The molecule has 1 aromatic rings. The second-order valence-electron chi connectivity index (χ2n) is 6.28. The van der Waals surface area contributed by atoms with Gasteiger partial charge in [0, 0.05) is 38.3 Å². The summed E-state index contributed by atoms with van der Waals surface area (Å²) < 4.78 is 11.1. The zero-order chi connectivity index (χ0) is 18.1. The van der Waals surface area contributed by atoms with Crippen LogP contribution >= 0.6 is 0 Å². The molecule has 1 N–H and O–H groups in total. The lowest BCUT2D eigenvalue weighted by Crippen LogP contribution is -2.45. The molecule has 0 unspecified atom stereocenters. The molecule has 25 heavy (non-hydrogen) atoms. The highest BCUT2D eigenvalue weighted by molar-refractivity contribution is 5.94. The van der Waals surface area contributed by atoms with Crippen LogP contribution in [0.2, 0.25) is 0 Å². The van der Waals surface area contributed by atoms with Crippen molar-refractivity contribution in [2.24, 2.45) is 0 Å². The Morgan fingerprint density at radius 3 is 2.44 bits per heavy atom. The standard InChI is InChI=1S/C19H31N3O3/c1-4-24-17-8-7-16(15-18(17)25-5-2)19(23)20-9-6-10-22-13-11-21(3)12-14-22/h7-8,15H,4-6,9-14H2,1-3H3,(H,20,23). The fourth-order valence-corrected chi connectivity index (χ4v) is 2.87. The van der Waals surface area contributed by atoms with Gasteiger partial charge < -0.3 is 24.6 Å². The summed E-state index contributed by atoms with van der Waals surface area (Å²) in [5, 5.41) is 3.00. The maximum Gasteiger partial charge on any atom is 0.251 e. The summed E-state index contributed by atoms with van der Waals surface area (Å²) in [4.78, 5) is 17.1. The minimum atomic E-state index is -0.0672. The van der Waals surface area contributed by atoms with E-state index in [-0.39, 0.29) is 5.91 Å². The molecule has 1 amide bonds. The molecular weight excluding hydrogens is 318 g/mol. The number of nitrogens with zero attached hydrogens (tertiary/aromatic N) is 2. The number of ether oxygens (including phenoxy) is 2. The van der Waals surface area contributed by atoms with Crippen molar-refractivity contribution in [2.45, 2.75) is 20.3 Å². The third-order valence-corrected chi connectivity index (χ3v) is 4.34. The zero-order valence-electron chi connectivity index (χ0n) is 15.7. The Balaban J connectivity index is 1.79. The molecule has 0 atom stereocenters. The second kappa shape index (κ2) is 10.3. The van der Waals surface area contributed by atoms with Gasteiger partial charge in [0.25, 0.3) is 5.91 Å². The summed E-state index contributed by atoms with van der Waals surface area (Å²) >= 11 is 0. The molecule has 1 fully saturated rings. The van der Waals surface area contributed by atoms with E-state index in [0.717, 1.165) is 39.1 Å². The van der Waals surface area contributed by atoms with E-state index in [2.05, 4.69) is 22.2 Å². The maximum atomic E-state index is 12.3. The van der Waals surface area contributed by atoms with Gasteiger partial charge in [0.2, 0.25) is 0 Å². The number of carbonyl (C=O) groups is 1.